The van der Waals surface area contributed by atoms with Crippen molar-refractivity contribution in [2.45, 2.75) is 64.4 Å². The smallest absolute Gasteiger partial charge is 0.162 e. The van der Waals surface area contributed by atoms with Crippen molar-refractivity contribution in [1.29, 1.82) is 0 Å². The van der Waals surface area contributed by atoms with Gasteiger partial charge in [0.25, 0.3) is 0 Å². The lowest BCUT2D eigenvalue weighted by atomic mass is 9.98. The van der Waals surface area contributed by atoms with E-state index in [9.17, 15) is 0 Å². The van der Waals surface area contributed by atoms with Crippen molar-refractivity contribution in [2.75, 3.05) is 7.11 Å². The average molecular weight is 262 g/mol. The van der Waals surface area contributed by atoms with Crippen LogP contribution in [0.25, 0.3) is 0 Å². The van der Waals surface area contributed by atoms with Gasteiger partial charge in [0, 0.05) is 0 Å². The minimum Gasteiger partial charge on any atom is -0.493 e. The second kappa shape index (κ2) is 5.85. The third kappa shape index (κ3) is 3.23. The van der Waals surface area contributed by atoms with Gasteiger partial charge in [0.2, 0.25) is 0 Å². The molecule has 2 rings (SSSR count). The van der Waals surface area contributed by atoms with Crippen LogP contribution in [0.1, 0.15) is 64.4 Å². The third-order valence-corrected chi connectivity index (χ3v) is 4.39. The van der Waals surface area contributed by atoms with E-state index in [4.69, 9.17) is 9.47 Å². The summed E-state index contributed by atoms with van der Waals surface area (Å²) in [7, 11) is 1.72. The van der Waals surface area contributed by atoms with Gasteiger partial charge < -0.3 is 9.47 Å². The standard InChI is InChI=1S/C17H26O2/c1-5-13(2)14-8-9-15(16(12-14)18-4)19-17(3)10-6-7-11-17/h8-9,12-13H,5-7,10-11H2,1-4H3. The number of hydrogen-bond donors (Lipinski definition) is 0. The molecular formula is C17H26O2. The molecule has 1 aromatic rings. The van der Waals surface area contributed by atoms with Crippen LogP contribution in [0.3, 0.4) is 0 Å². The number of ether oxygens (including phenoxy) is 2. The molecule has 106 valence electrons. The normalized spacial score (nSPS) is 19.2. The number of hydrogen-bond acceptors (Lipinski definition) is 2. The summed E-state index contributed by atoms with van der Waals surface area (Å²) in [5, 5.41) is 0. The minimum atomic E-state index is -0.00876. The first-order valence-corrected chi connectivity index (χ1v) is 7.45. The number of methoxy groups -OCH3 is 1. The monoisotopic (exact) mass is 262 g/mol. The molecule has 0 heterocycles. The summed E-state index contributed by atoms with van der Waals surface area (Å²) < 4.78 is 11.7. The first-order valence-electron chi connectivity index (χ1n) is 7.45. The Morgan fingerprint density at radius 1 is 1.21 bits per heavy atom. The van der Waals surface area contributed by atoms with Gasteiger partial charge in [-0.15, -0.1) is 0 Å². The summed E-state index contributed by atoms with van der Waals surface area (Å²) in [6.07, 6.45) is 5.96. The molecule has 1 atom stereocenters. The zero-order valence-electron chi connectivity index (χ0n) is 12.7. The lowest BCUT2D eigenvalue weighted by Gasteiger charge is -2.27. The van der Waals surface area contributed by atoms with Crippen molar-refractivity contribution in [3.8, 4) is 11.5 Å². The van der Waals surface area contributed by atoms with Gasteiger partial charge in [0.15, 0.2) is 11.5 Å². The molecule has 0 spiro atoms. The van der Waals surface area contributed by atoms with Crippen molar-refractivity contribution >= 4 is 0 Å². The highest BCUT2D eigenvalue weighted by Crippen LogP contribution is 2.39. The predicted molar refractivity (Wildman–Crippen MR) is 79.2 cm³/mol. The maximum atomic E-state index is 6.23. The van der Waals surface area contributed by atoms with Crippen LogP contribution in [0.5, 0.6) is 11.5 Å². The fourth-order valence-electron chi connectivity index (χ4n) is 2.80. The van der Waals surface area contributed by atoms with E-state index < -0.39 is 0 Å². The van der Waals surface area contributed by atoms with Crippen LogP contribution in [0.15, 0.2) is 18.2 Å². The molecule has 2 nitrogen and oxygen atoms in total. The Kier molecular flexibility index (Phi) is 4.38. The number of rotatable bonds is 5. The topological polar surface area (TPSA) is 18.5 Å². The van der Waals surface area contributed by atoms with E-state index in [-0.39, 0.29) is 5.60 Å². The van der Waals surface area contributed by atoms with E-state index >= 15 is 0 Å². The molecule has 2 heteroatoms. The quantitative estimate of drug-likeness (QED) is 0.749. The second-order valence-electron chi connectivity index (χ2n) is 5.98. The van der Waals surface area contributed by atoms with Gasteiger partial charge in [0.1, 0.15) is 5.60 Å². The van der Waals surface area contributed by atoms with Gasteiger partial charge in [-0.25, -0.2) is 0 Å². The third-order valence-electron chi connectivity index (χ3n) is 4.39. The summed E-state index contributed by atoms with van der Waals surface area (Å²) in [5.41, 5.74) is 1.31. The summed E-state index contributed by atoms with van der Waals surface area (Å²) in [6.45, 7) is 6.66. The lowest BCUT2D eigenvalue weighted by molar-refractivity contribution is 0.0926. The van der Waals surface area contributed by atoms with E-state index in [0.717, 1.165) is 30.8 Å². The lowest BCUT2D eigenvalue weighted by Crippen LogP contribution is -2.28. The molecule has 19 heavy (non-hydrogen) atoms. The maximum Gasteiger partial charge on any atom is 0.162 e. The van der Waals surface area contributed by atoms with Crippen molar-refractivity contribution < 1.29 is 9.47 Å². The van der Waals surface area contributed by atoms with E-state index in [1.165, 1.54) is 18.4 Å². The zero-order chi connectivity index (χ0) is 13.9. The predicted octanol–water partition coefficient (Wildman–Crippen LogP) is 4.92. The van der Waals surface area contributed by atoms with Gasteiger partial charge in [0.05, 0.1) is 7.11 Å². The molecule has 0 amide bonds. The molecule has 0 radical (unpaired) electrons. The Balaban J connectivity index is 2.20. The highest BCUT2D eigenvalue weighted by Gasteiger charge is 2.31. The molecule has 0 aromatic heterocycles. The van der Waals surface area contributed by atoms with Gasteiger partial charge in [-0.05, 0) is 62.6 Å². The van der Waals surface area contributed by atoms with Crippen LogP contribution >= 0.6 is 0 Å². The van der Waals surface area contributed by atoms with E-state index in [1.807, 2.05) is 0 Å². The zero-order valence-corrected chi connectivity index (χ0v) is 12.7. The summed E-state index contributed by atoms with van der Waals surface area (Å²) in [5.74, 6) is 2.31. The summed E-state index contributed by atoms with van der Waals surface area (Å²) in [6, 6.07) is 6.37. The second-order valence-corrected chi connectivity index (χ2v) is 5.98. The largest absolute Gasteiger partial charge is 0.493 e. The Labute approximate surface area is 117 Å². The summed E-state index contributed by atoms with van der Waals surface area (Å²) >= 11 is 0. The Bertz CT molecular complexity index is 419. The molecule has 1 unspecified atom stereocenters. The number of benzene rings is 1. The highest BCUT2D eigenvalue weighted by atomic mass is 16.5. The SMILES string of the molecule is CCC(C)c1ccc(OC2(C)CCCC2)c(OC)c1. The van der Waals surface area contributed by atoms with Crippen molar-refractivity contribution in [2.24, 2.45) is 0 Å². The van der Waals surface area contributed by atoms with Gasteiger partial charge in [-0.3, -0.25) is 0 Å². The molecule has 0 N–H and O–H groups in total. The van der Waals surface area contributed by atoms with Gasteiger partial charge in [-0.1, -0.05) is 19.9 Å². The summed E-state index contributed by atoms with van der Waals surface area (Å²) in [4.78, 5) is 0. The van der Waals surface area contributed by atoms with Gasteiger partial charge >= 0.3 is 0 Å². The molecule has 0 saturated heterocycles. The first-order chi connectivity index (χ1) is 9.08. The first kappa shape index (κ1) is 14.2. The van der Waals surface area contributed by atoms with E-state index in [2.05, 4.69) is 39.0 Å². The Morgan fingerprint density at radius 3 is 2.47 bits per heavy atom. The van der Waals surface area contributed by atoms with Crippen LogP contribution in [0, 0.1) is 0 Å². The minimum absolute atomic E-state index is 0.00876. The van der Waals surface area contributed by atoms with Gasteiger partial charge in [-0.2, -0.15) is 0 Å². The van der Waals surface area contributed by atoms with E-state index in [0.29, 0.717) is 5.92 Å². The van der Waals surface area contributed by atoms with Crippen molar-refractivity contribution in [3.63, 3.8) is 0 Å². The highest BCUT2D eigenvalue weighted by molar-refractivity contribution is 5.44. The molecule has 1 aromatic carbocycles. The van der Waals surface area contributed by atoms with E-state index in [1.54, 1.807) is 7.11 Å². The van der Waals surface area contributed by atoms with Crippen LogP contribution in [0.2, 0.25) is 0 Å². The Morgan fingerprint density at radius 2 is 1.89 bits per heavy atom. The molecule has 1 fully saturated rings. The fraction of sp³-hybridized carbons (Fsp3) is 0.647. The van der Waals surface area contributed by atoms with Crippen LogP contribution in [0.4, 0.5) is 0 Å². The van der Waals surface area contributed by atoms with Crippen molar-refractivity contribution in [1.82, 2.24) is 0 Å². The molecule has 1 saturated carbocycles. The molecule has 0 aliphatic heterocycles. The van der Waals surface area contributed by atoms with Crippen LogP contribution in [-0.2, 0) is 0 Å². The molecule has 1 aliphatic rings. The average Bonchev–Trinajstić information content (AvgIpc) is 2.84. The van der Waals surface area contributed by atoms with Crippen LogP contribution < -0.4 is 9.47 Å². The van der Waals surface area contributed by atoms with Crippen LogP contribution in [-0.4, -0.2) is 12.7 Å². The molecular weight excluding hydrogens is 236 g/mol. The molecule has 1 aliphatic carbocycles. The Hall–Kier alpha value is -1.18. The fourth-order valence-corrected chi connectivity index (χ4v) is 2.80. The molecule has 0 bridgehead atoms. The van der Waals surface area contributed by atoms with Crippen molar-refractivity contribution in [3.05, 3.63) is 23.8 Å². The maximum absolute atomic E-state index is 6.23.